The fourth-order valence-electron chi connectivity index (χ4n) is 2.04. The Balaban J connectivity index is 2.38. The van der Waals surface area contributed by atoms with E-state index in [0.29, 0.717) is 22.0 Å². The molecule has 0 saturated carbocycles. The largest absolute Gasteiger partial charge is 0.310 e. The lowest BCUT2D eigenvalue weighted by Gasteiger charge is -2.09. The summed E-state index contributed by atoms with van der Waals surface area (Å²) in [5.74, 6) is 0.397. The molecule has 0 atom stereocenters. The van der Waals surface area contributed by atoms with E-state index in [4.69, 9.17) is 28.2 Å². The van der Waals surface area contributed by atoms with Crippen molar-refractivity contribution in [1.82, 2.24) is 10.3 Å². The molecule has 1 aromatic carbocycles. The Bertz CT molecular complexity index is 600. The molecule has 2 nitrogen and oxygen atoms in total. The van der Waals surface area contributed by atoms with E-state index in [9.17, 15) is 0 Å². The lowest BCUT2D eigenvalue weighted by Crippen LogP contribution is -2.22. The van der Waals surface area contributed by atoms with Gasteiger partial charge in [0.25, 0.3) is 0 Å². The van der Waals surface area contributed by atoms with Crippen molar-refractivity contribution in [2.24, 2.45) is 0 Å². The molecule has 0 spiro atoms. The van der Waals surface area contributed by atoms with E-state index in [1.807, 2.05) is 12.1 Å². The zero-order valence-electron chi connectivity index (χ0n) is 12.7. The Morgan fingerprint density at radius 2 is 1.71 bits per heavy atom. The Kier molecular flexibility index (Phi) is 5.67. The van der Waals surface area contributed by atoms with Crippen molar-refractivity contribution in [3.63, 3.8) is 0 Å². The average molecular weight is 343 g/mol. The molecule has 0 unspecified atom stereocenters. The van der Waals surface area contributed by atoms with E-state index in [0.717, 1.165) is 22.8 Å². The third-order valence-corrected chi connectivity index (χ3v) is 4.61. The van der Waals surface area contributed by atoms with Crippen molar-refractivity contribution in [2.45, 2.75) is 46.2 Å². The summed E-state index contributed by atoms with van der Waals surface area (Å²) in [5.41, 5.74) is 2.13. The molecule has 2 rings (SSSR count). The van der Waals surface area contributed by atoms with Crippen LogP contribution in [-0.4, -0.2) is 11.0 Å². The highest BCUT2D eigenvalue weighted by Gasteiger charge is 2.16. The summed E-state index contributed by atoms with van der Waals surface area (Å²) in [6.45, 7) is 9.48. The summed E-state index contributed by atoms with van der Waals surface area (Å²) in [6, 6.07) is 6.02. The van der Waals surface area contributed by atoms with Crippen molar-refractivity contribution in [2.75, 3.05) is 0 Å². The molecule has 21 heavy (non-hydrogen) atoms. The minimum atomic E-state index is 0.397. The molecule has 0 aliphatic rings. The van der Waals surface area contributed by atoms with E-state index in [1.165, 1.54) is 4.88 Å². The Morgan fingerprint density at radius 3 is 2.24 bits per heavy atom. The number of thiazole rings is 1. The van der Waals surface area contributed by atoms with Gasteiger partial charge in [0.1, 0.15) is 5.01 Å². The molecule has 1 heterocycles. The van der Waals surface area contributed by atoms with Gasteiger partial charge in [-0.3, -0.25) is 0 Å². The summed E-state index contributed by atoms with van der Waals surface area (Å²) < 4.78 is 0. The van der Waals surface area contributed by atoms with Crippen molar-refractivity contribution >= 4 is 34.5 Å². The van der Waals surface area contributed by atoms with Crippen LogP contribution in [-0.2, 0) is 6.54 Å². The number of benzene rings is 1. The number of hydrogen-bond acceptors (Lipinski definition) is 3. The predicted octanol–water partition coefficient (Wildman–Crippen LogP) is 5.74. The number of nitrogens with one attached hydrogen (secondary N) is 1. The monoisotopic (exact) mass is 342 g/mol. The van der Waals surface area contributed by atoms with Crippen molar-refractivity contribution in [3.8, 4) is 10.6 Å². The summed E-state index contributed by atoms with van der Waals surface area (Å²) in [7, 11) is 0. The van der Waals surface area contributed by atoms with Gasteiger partial charge in [-0.25, -0.2) is 4.98 Å². The van der Waals surface area contributed by atoms with Gasteiger partial charge in [-0.15, -0.1) is 11.3 Å². The van der Waals surface area contributed by atoms with Crippen LogP contribution in [0, 0.1) is 0 Å². The average Bonchev–Trinajstić information content (AvgIpc) is 2.79. The quantitative estimate of drug-likeness (QED) is 0.749. The lowest BCUT2D eigenvalue weighted by molar-refractivity contribution is 0.588. The third kappa shape index (κ3) is 4.43. The first-order valence-corrected chi connectivity index (χ1v) is 8.63. The standard InChI is InChI=1S/C16H20Cl2N2S/c1-9(2)15-14(8-19-10(3)4)21-16(20-15)11-5-12(17)7-13(18)6-11/h5-7,9-10,19H,8H2,1-4H3. The first-order chi connectivity index (χ1) is 9.86. The van der Waals surface area contributed by atoms with Crippen LogP contribution < -0.4 is 5.32 Å². The lowest BCUT2D eigenvalue weighted by atomic mass is 10.1. The first kappa shape index (κ1) is 16.8. The third-order valence-electron chi connectivity index (χ3n) is 3.05. The maximum atomic E-state index is 6.09. The van der Waals surface area contributed by atoms with Crippen molar-refractivity contribution in [3.05, 3.63) is 38.8 Å². The number of aromatic nitrogens is 1. The molecule has 2 aromatic rings. The van der Waals surface area contributed by atoms with Gasteiger partial charge in [0.2, 0.25) is 0 Å². The minimum absolute atomic E-state index is 0.397. The molecular weight excluding hydrogens is 323 g/mol. The van der Waals surface area contributed by atoms with E-state index in [-0.39, 0.29) is 0 Å². The van der Waals surface area contributed by atoms with E-state index < -0.39 is 0 Å². The van der Waals surface area contributed by atoms with Gasteiger partial charge >= 0.3 is 0 Å². The maximum Gasteiger partial charge on any atom is 0.124 e. The maximum absolute atomic E-state index is 6.09. The van der Waals surface area contributed by atoms with Crippen LogP contribution in [0.2, 0.25) is 10.0 Å². The smallest absolute Gasteiger partial charge is 0.124 e. The molecule has 0 aliphatic carbocycles. The topological polar surface area (TPSA) is 24.9 Å². The van der Waals surface area contributed by atoms with Crippen LogP contribution in [0.5, 0.6) is 0 Å². The summed E-state index contributed by atoms with van der Waals surface area (Å²) in [4.78, 5) is 6.08. The van der Waals surface area contributed by atoms with Gasteiger partial charge < -0.3 is 5.32 Å². The number of rotatable bonds is 5. The molecule has 0 saturated heterocycles. The number of halogens is 2. The highest BCUT2D eigenvalue weighted by atomic mass is 35.5. The van der Waals surface area contributed by atoms with Crippen LogP contribution in [0.25, 0.3) is 10.6 Å². The van der Waals surface area contributed by atoms with Crippen LogP contribution in [0.1, 0.15) is 44.2 Å². The normalized spacial score (nSPS) is 11.6. The van der Waals surface area contributed by atoms with Gasteiger partial charge in [-0.05, 0) is 24.1 Å². The second kappa shape index (κ2) is 7.10. The Hall–Kier alpha value is -0.610. The zero-order chi connectivity index (χ0) is 15.6. The molecule has 0 amide bonds. The molecule has 0 radical (unpaired) electrons. The second-order valence-electron chi connectivity index (χ2n) is 5.68. The minimum Gasteiger partial charge on any atom is -0.310 e. The second-order valence-corrected chi connectivity index (χ2v) is 7.63. The zero-order valence-corrected chi connectivity index (χ0v) is 15.0. The molecule has 0 bridgehead atoms. The Morgan fingerprint density at radius 1 is 1.10 bits per heavy atom. The molecular formula is C16H20Cl2N2S. The molecule has 0 fully saturated rings. The molecule has 114 valence electrons. The van der Waals surface area contributed by atoms with E-state index in [1.54, 1.807) is 17.4 Å². The van der Waals surface area contributed by atoms with Crippen molar-refractivity contribution in [1.29, 1.82) is 0 Å². The molecule has 0 aliphatic heterocycles. The summed E-state index contributed by atoms with van der Waals surface area (Å²) in [5, 5.41) is 5.72. The van der Waals surface area contributed by atoms with Crippen LogP contribution in [0.4, 0.5) is 0 Å². The van der Waals surface area contributed by atoms with E-state index >= 15 is 0 Å². The van der Waals surface area contributed by atoms with Gasteiger partial charge in [0.05, 0.1) is 5.69 Å². The van der Waals surface area contributed by atoms with Gasteiger partial charge in [0.15, 0.2) is 0 Å². The van der Waals surface area contributed by atoms with Gasteiger partial charge in [-0.1, -0.05) is 50.9 Å². The van der Waals surface area contributed by atoms with Crippen molar-refractivity contribution < 1.29 is 0 Å². The molecule has 5 heteroatoms. The fraction of sp³-hybridized carbons (Fsp3) is 0.438. The van der Waals surface area contributed by atoms with Crippen LogP contribution >= 0.6 is 34.5 Å². The highest BCUT2D eigenvalue weighted by Crippen LogP contribution is 2.34. The number of nitrogens with zero attached hydrogens (tertiary/aromatic N) is 1. The van der Waals surface area contributed by atoms with Crippen LogP contribution in [0.15, 0.2) is 18.2 Å². The first-order valence-electron chi connectivity index (χ1n) is 7.06. The molecule has 1 N–H and O–H groups in total. The molecule has 1 aromatic heterocycles. The van der Waals surface area contributed by atoms with Gasteiger partial charge in [0, 0.05) is 33.1 Å². The fourth-order valence-corrected chi connectivity index (χ4v) is 3.72. The van der Waals surface area contributed by atoms with E-state index in [2.05, 4.69) is 33.0 Å². The predicted molar refractivity (Wildman–Crippen MR) is 93.6 cm³/mol. The highest BCUT2D eigenvalue weighted by molar-refractivity contribution is 7.15. The Labute approximate surface area is 140 Å². The van der Waals surface area contributed by atoms with Crippen LogP contribution in [0.3, 0.4) is 0 Å². The van der Waals surface area contributed by atoms with Gasteiger partial charge in [-0.2, -0.15) is 0 Å². The summed E-state index contributed by atoms with van der Waals surface area (Å²) >= 11 is 13.9. The number of hydrogen-bond donors (Lipinski definition) is 1. The summed E-state index contributed by atoms with van der Waals surface area (Å²) in [6.07, 6.45) is 0. The SMILES string of the molecule is CC(C)NCc1sc(-c2cc(Cl)cc(Cl)c2)nc1C(C)C.